The number of hydrogen-bond donors (Lipinski definition) is 1. The molecule has 5 heteroatoms. The minimum absolute atomic E-state index is 0.0745. The van der Waals surface area contributed by atoms with Gasteiger partial charge in [-0.05, 0) is 60.6 Å². The van der Waals surface area contributed by atoms with Gasteiger partial charge in [0, 0.05) is 12.8 Å². The molecule has 0 saturated heterocycles. The van der Waals surface area contributed by atoms with Crippen molar-refractivity contribution in [3.63, 3.8) is 0 Å². The van der Waals surface area contributed by atoms with E-state index in [-0.39, 0.29) is 5.56 Å². The number of ether oxygens (including phenoxy) is 1. The molecule has 1 aromatic heterocycles. The van der Waals surface area contributed by atoms with Crippen LogP contribution in [-0.4, -0.2) is 16.6 Å². The van der Waals surface area contributed by atoms with Crippen LogP contribution in [0.15, 0.2) is 11.0 Å². The summed E-state index contributed by atoms with van der Waals surface area (Å²) in [6.07, 6.45) is 5.63. The summed E-state index contributed by atoms with van der Waals surface area (Å²) in [4.78, 5) is 19.1. The number of rotatable bonds is 3. The van der Waals surface area contributed by atoms with Crippen LogP contribution in [-0.2, 0) is 10.3 Å². The van der Waals surface area contributed by atoms with E-state index in [0.717, 1.165) is 25.7 Å². The Morgan fingerprint density at radius 1 is 1.37 bits per heavy atom. The lowest BCUT2D eigenvalue weighted by molar-refractivity contribution is -0.0949. The van der Waals surface area contributed by atoms with Crippen molar-refractivity contribution >= 4 is 22.6 Å². The Labute approximate surface area is 127 Å². The predicted octanol–water partition coefficient (Wildman–Crippen LogP) is 3.21. The van der Waals surface area contributed by atoms with Gasteiger partial charge in [-0.15, -0.1) is 0 Å². The van der Waals surface area contributed by atoms with Crippen molar-refractivity contribution in [3.8, 4) is 0 Å². The summed E-state index contributed by atoms with van der Waals surface area (Å²) in [5, 5.41) is 0. The first-order valence-electron chi connectivity index (χ1n) is 6.78. The zero-order valence-corrected chi connectivity index (χ0v) is 13.9. The SMILES string of the molecule is CCOC1(c2ncc(I)c(=O)[nH]2)CCC(C)(C)CC1. The van der Waals surface area contributed by atoms with Gasteiger partial charge in [0.2, 0.25) is 0 Å². The molecule has 0 radical (unpaired) electrons. The van der Waals surface area contributed by atoms with Crippen molar-refractivity contribution in [1.29, 1.82) is 0 Å². The normalized spacial score (nSPS) is 21.3. The minimum Gasteiger partial charge on any atom is -0.367 e. The van der Waals surface area contributed by atoms with Gasteiger partial charge in [0.15, 0.2) is 0 Å². The van der Waals surface area contributed by atoms with Gasteiger partial charge < -0.3 is 9.72 Å². The largest absolute Gasteiger partial charge is 0.367 e. The molecule has 1 aliphatic carbocycles. The van der Waals surface area contributed by atoms with Gasteiger partial charge in [-0.1, -0.05) is 13.8 Å². The van der Waals surface area contributed by atoms with Crippen LogP contribution < -0.4 is 5.56 Å². The Balaban J connectivity index is 2.34. The molecular formula is C14H21IN2O2. The zero-order valence-electron chi connectivity index (χ0n) is 11.8. The summed E-state index contributed by atoms with van der Waals surface area (Å²) >= 11 is 2.00. The van der Waals surface area contributed by atoms with Gasteiger partial charge >= 0.3 is 0 Å². The predicted molar refractivity (Wildman–Crippen MR) is 83.1 cm³/mol. The van der Waals surface area contributed by atoms with Crippen LogP contribution in [0.3, 0.4) is 0 Å². The summed E-state index contributed by atoms with van der Waals surface area (Å²) < 4.78 is 6.62. The second-order valence-corrected chi connectivity index (χ2v) is 7.16. The van der Waals surface area contributed by atoms with Gasteiger partial charge in [-0.25, -0.2) is 4.98 Å². The molecule has 1 heterocycles. The van der Waals surface area contributed by atoms with Crippen LogP contribution in [0.2, 0.25) is 0 Å². The van der Waals surface area contributed by atoms with Gasteiger partial charge in [-0.3, -0.25) is 4.79 Å². The monoisotopic (exact) mass is 376 g/mol. The van der Waals surface area contributed by atoms with Crippen LogP contribution in [0.1, 0.15) is 52.3 Å². The number of nitrogens with one attached hydrogen (secondary N) is 1. The van der Waals surface area contributed by atoms with Crippen molar-refractivity contribution < 1.29 is 4.74 Å². The molecule has 0 aliphatic heterocycles. The highest BCUT2D eigenvalue weighted by molar-refractivity contribution is 14.1. The van der Waals surface area contributed by atoms with E-state index in [1.54, 1.807) is 6.20 Å². The number of nitrogens with zero attached hydrogens (tertiary/aromatic N) is 1. The van der Waals surface area contributed by atoms with Crippen molar-refractivity contribution in [2.75, 3.05) is 6.61 Å². The topological polar surface area (TPSA) is 55.0 Å². The summed E-state index contributed by atoms with van der Waals surface area (Å²) in [5.74, 6) is 0.690. The zero-order chi connectivity index (χ0) is 14.1. The maximum atomic E-state index is 11.8. The first-order valence-corrected chi connectivity index (χ1v) is 7.86. The summed E-state index contributed by atoms with van der Waals surface area (Å²) in [5.41, 5.74) is -0.132. The maximum absolute atomic E-state index is 11.8. The van der Waals surface area contributed by atoms with Crippen LogP contribution in [0.25, 0.3) is 0 Å². The first-order chi connectivity index (χ1) is 8.88. The molecule has 0 unspecified atom stereocenters. The van der Waals surface area contributed by atoms with E-state index < -0.39 is 5.60 Å². The van der Waals surface area contributed by atoms with E-state index in [1.807, 2.05) is 29.5 Å². The minimum atomic E-state index is -0.409. The number of hydrogen-bond acceptors (Lipinski definition) is 3. The van der Waals surface area contributed by atoms with Crippen molar-refractivity contribution in [2.24, 2.45) is 5.41 Å². The van der Waals surface area contributed by atoms with E-state index in [4.69, 9.17) is 4.74 Å². The number of aromatic nitrogens is 2. The molecule has 1 saturated carbocycles. The fraction of sp³-hybridized carbons (Fsp3) is 0.714. The highest BCUT2D eigenvalue weighted by Crippen LogP contribution is 2.46. The second-order valence-electron chi connectivity index (χ2n) is 6.00. The smallest absolute Gasteiger partial charge is 0.264 e. The molecule has 2 rings (SSSR count). The fourth-order valence-corrected chi connectivity index (χ4v) is 2.94. The molecule has 1 N–H and O–H groups in total. The quantitative estimate of drug-likeness (QED) is 0.825. The van der Waals surface area contributed by atoms with Crippen LogP contribution in [0, 0.1) is 8.99 Å². The van der Waals surface area contributed by atoms with E-state index in [0.29, 0.717) is 21.4 Å². The van der Waals surface area contributed by atoms with Crippen molar-refractivity contribution in [1.82, 2.24) is 9.97 Å². The van der Waals surface area contributed by atoms with Gasteiger partial charge in [0.1, 0.15) is 11.4 Å². The number of halogens is 1. The number of H-pyrrole nitrogens is 1. The lowest BCUT2D eigenvalue weighted by atomic mass is 9.70. The molecule has 1 aromatic rings. The maximum Gasteiger partial charge on any atom is 0.264 e. The van der Waals surface area contributed by atoms with Crippen molar-refractivity contribution in [2.45, 2.75) is 52.1 Å². The van der Waals surface area contributed by atoms with Gasteiger partial charge in [0.05, 0.1) is 3.57 Å². The molecular weight excluding hydrogens is 355 g/mol. The van der Waals surface area contributed by atoms with Crippen molar-refractivity contribution in [3.05, 3.63) is 25.9 Å². The highest BCUT2D eigenvalue weighted by atomic mass is 127. The van der Waals surface area contributed by atoms with Gasteiger partial charge in [-0.2, -0.15) is 0 Å². The third-order valence-electron chi connectivity index (χ3n) is 4.02. The molecule has 1 fully saturated rings. The molecule has 106 valence electrons. The molecule has 0 atom stereocenters. The Morgan fingerprint density at radius 2 is 2.00 bits per heavy atom. The average molecular weight is 376 g/mol. The lowest BCUT2D eigenvalue weighted by Gasteiger charge is -2.42. The Morgan fingerprint density at radius 3 is 2.53 bits per heavy atom. The standard InChI is InChI=1S/C14H21IN2O2/c1-4-19-14(7-5-13(2,3)6-8-14)12-16-9-10(15)11(18)17-12/h9H,4-8H2,1-3H3,(H,16,17,18). The molecule has 0 spiro atoms. The molecule has 0 amide bonds. The highest BCUT2D eigenvalue weighted by Gasteiger charge is 2.42. The Hall–Kier alpha value is -0.430. The first kappa shape index (κ1) is 15.0. The third kappa shape index (κ3) is 3.18. The molecule has 1 aliphatic rings. The second kappa shape index (κ2) is 5.52. The molecule has 19 heavy (non-hydrogen) atoms. The third-order valence-corrected chi connectivity index (χ3v) is 4.79. The Kier molecular flexibility index (Phi) is 4.35. The van der Waals surface area contributed by atoms with Crippen LogP contribution in [0.4, 0.5) is 0 Å². The van der Waals surface area contributed by atoms with E-state index in [9.17, 15) is 4.79 Å². The van der Waals surface area contributed by atoms with E-state index in [2.05, 4.69) is 23.8 Å². The van der Waals surface area contributed by atoms with E-state index >= 15 is 0 Å². The van der Waals surface area contributed by atoms with Crippen LogP contribution in [0.5, 0.6) is 0 Å². The fourth-order valence-electron chi connectivity index (χ4n) is 2.67. The summed E-state index contributed by atoms with van der Waals surface area (Å²) in [7, 11) is 0. The Bertz CT molecular complexity index is 500. The van der Waals surface area contributed by atoms with Crippen LogP contribution >= 0.6 is 22.6 Å². The average Bonchev–Trinajstić information content (AvgIpc) is 2.36. The molecule has 0 bridgehead atoms. The lowest BCUT2D eigenvalue weighted by Crippen LogP contribution is -2.40. The van der Waals surface area contributed by atoms with E-state index in [1.165, 1.54) is 0 Å². The molecule has 0 aromatic carbocycles. The summed E-state index contributed by atoms with van der Waals surface area (Å²) in [6.45, 7) is 7.20. The molecule has 4 nitrogen and oxygen atoms in total. The number of aromatic amines is 1. The summed E-state index contributed by atoms with van der Waals surface area (Å²) in [6, 6.07) is 0. The van der Waals surface area contributed by atoms with Gasteiger partial charge in [0.25, 0.3) is 5.56 Å².